The van der Waals surface area contributed by atoms with Gasteiger partial charge in [-0.2, -0.15) is 0 Å². The van der Waals surface area contributed by atoms with Crippen molar-refractivity contribution in [3.05, 3.63) is 194 Å². The van der Waals surface area contributed by atoms with Crippen molar-refractivity contribution in [2.24, 2.45) is 0 Å². The van der Waals surface area contributed by atoms with E-state index in [9.17, 15) is 0 Å². The van der Waals surface area contributed by atoms with Crippen LogP contribution in [0.3, 0.4) is 0 Å². The van der Waals surface area contributed by atoms with Crippen LogP contribution < -0.4 is 0 Å². The third-order valence-electron chi connectivity index (χ3n) is 10.3. The van der Waals surface area contributed by atoms with Crippen LogP contribution in [-0.4, -0.2) is 0 Å². The molecule has 0 radical (unpaired) electrons. The lowest BCUT2D eigenvalue weighted by Crippen LogP contribution is -1.95. The van der Waals surface area contributed by atoms with Crippen LogP contribution in [-0.2, 0) is 0 Å². The Morgan fingerprint density at radius 1 is 0.235 bits per heavy atom. The first-order valence-electron chi connectivity index (χ1n) is 17.5. The Hall–Kier alpha value is -6.70. The lowest BCUT2D eigenvalue weighted by molar-refractivity contribution is 0.669. The largest absolute Gasteiger partial charge is 0.456 e. The highest BCUT2D eigenvalue weighted by atomic mass is 16.3. The molecule has 51 heavy (non-hydrogen) atoms. The van der Waals surface area contributed by atoms with Gasteiger partial charge in [-0.3, -0.25) is 0 Å². The number of hydrogen-bond donors (Lipinski definition) is 0. The van der Waals surface area contributed by atoms with Gasteiger partial charge in [-0.15, -0.1) is 0 Å². The maximum absolute atomic E-state index is 6.22. The van der Waals surface area contributed by atoms with Crippen LogP contribution in [0, 0.1) is 0 Å². The van der Waals surface area contributed by atoms with Gasteiger partial charge in [0.2, 0.25) is 0 Å². The van der Waals surface area contributed by atoms with Gasteiger partial charge in [-0.05, 0) is 95.4 Å². The average molecular weight is 649 g/mol. The molecule has 0 aliphatic heterocycles. The zero-order valence-electron chi connectivity index (χ0n) is 27.9. The summed E-state index contributed by atoms with van der Waals surface area (Å²) in [4.78, 5) is 0. The lowest BCUT2D eigenvalue weighted by Gasteiger charge is -2.22. The molecule has 0 N–H and O–H groups in total. The van der Waals surface area contributed by atoms with Gasteiger partial charge in [0.05, 0.1) is 0 Å². The van der Waals surface area contributed by atoms with E-state index in [-0.39, 0.29) is 0 Å². The normalized spacial score (nSPS) is 11.5. The third-order valence-corrected chi connectivity index (χ3v) is 10.3. The minimum Gasteiger partial charge on any atom is -0.456 e. The summed E-state index contributed by atoms with van der Waals surface area (Å²) in [6.07, 6.45) is 0. The maximum Gasteiger partial charge on any atom is 0.136 e. The van der Waals surface area contributed by atoms with Gasteiger partial charge in [0.15, 0.2) is 0 Å². The van der Waals surface area contributed by atoms with E-state index in [1.807, 2.05) is 12.1 Å². The van der Waals surface area contributed by atoms with Crippen molar-refractivity contribution in [2.45, 2.75) is 0 Å². The molecule has 1 nitrogen and oxygen atoms in total. The van der Waals surface area contributed by atoms with Crippen molar-refractivity contribution < 1.29 is 4.42 Å². The smallest absolute Gasteiger partial charge is 0.136 e. The van der Waals surface area contributed by atoms with Crippen molar-refractivity contribution in [1.29, 1.82) is 0 Å². The first-order valence-corrected chi connectivity index (χ1v) is 17.5. The molecule has 1 heterocycles. The molecule has 10 rings (SSSR count). The summed E-state index contributed by atoms with van der Waals surface area (Å²) in [5.74, 6) is 0. The van der Waals surface area contributed by atoms with Gasteiger partial charge in [-0.25, -0.2) is 0 Å². The molecule has 0 aliphatic rings. The Morgan fingerprint density at radius 2 is 0.686 bits per heavy atom. The van der Waals surface area contributed by atoms with E-state index in [2.05, 4.69) is 182 Å². The predicted molar refractivity (Wildman–Crippen MR) is 216 cm³/mol. The third kappa shape index (κ3) is 4.86. The van der Waals surface area contributed by atoms with E-state index in [0.29, 0.717) is 0 Å². The SMILES string of the molecule is c1ccc(-c2cccc(-c3ccccc3)c2-c2c3ccccc3c(-c3ccc(-c4ccc5c(c4)oc4ccccc45)cc3)c3ccccc23)cc1. The molecule has 0 atom stereocenters. The van der Waals surface area contributed by atoms with E-state index >= 15 is 0 Å². The minimum atomic E-state index is 0.913. The lowest BCUT2D eigenvalue weighted by atomic mass is 9.81. The maximum atomic E-state index is 6.22. The number of furan rings is 1. The highest BCUT2D eigenvalue weighted by molar-refractivity contribution is 6.23. The molecular weight excluding hydrogens is 617 g/mol. The van der Waals surface area contributed by atoms with Gasteiger partial charge < -0.3 is 4.42 Å². The summed E-state index contributed by atoms with van der Waals surface area (Å²) >= 11 is 0. The second-order valence-corrected chi connectivity index (χ2v) is 13.2. The van der Waals surface area contributed by atoms with Crippen LogP contribution in [0.25, 0.3) is 99.1 Å². The molecule has 0 bridgehead atoms. The zero-order chi connectivity index (χ0) is 33.7. The Labute approximate surface area is 296 Å². The molecule has 1 heteroatoms. The predicted octanol–water partition coefficient (Wildman–Crippen LogP) is 14.2. The van der Waals surface area contributed by atoms with Crippen LogP contribution >= 0.6 is 0 Å². The molecule has 9 aromatic carbocycles. The van der Waals surface area contributed by atoms with Gasteiger partial charge in [0.1, 0.15) is 11.2 Å². The number of para-hydroxylation sites is 1. The summed E-state index contributed by atoms with van der Waals surface area (Å²) in [5, 5.41) is 7.26. The average Bonchev–Trinajstić information content (AvgIpc) is 3.58. The highest BCUT2D eigenvalue weighted by Crippen LogP contribution is 2.49. The van der Waals surface area contributed by atoms with Crippen LogP contribution in [0.15, 0.2) is 199 Å². The van der Waals surface area contributed by atoms with Crippen LogP contribution in [0.4, 0.5) is 0 Å². The number of benzene rings is 9. The first kappa shape index (κ1) is 29.2. The molecule has 1 aromatic heterocycles. The van der Waals surface area contributed by atoms with Crippen molar-refractivity contribution in [3.8, 4) is 55.6 Å². The van der Waals surface area contributed by atoms with Gasteiger partial charge in [-0.1, -0.05) is 176 Å². The number of hydrogen-bond acceptors (Lipinski definition) is 1. The molecule has 0 saturated heterocycles. The molecular formula is C50H32O. The molecule has 0 unspecified atom stereocenters. The van der Waals surface area contributed by atoms with E-state index in [1.54, 1.807) is 0 Å². The quantitative estimate of drug-likeness (QED) is 0.169. The second kappa shape index (κ2) is 12.0. The Kier molecular flexibility index (Phi) is 6.89. The molecule has 0 aliphatic carbocycles. The number of fused-ring (bicyclic) bond motifs is 5. The standard InChI is InChI=1S/C50H32O/c1-3-14-34(15-4-1)38-23-13-24-39(35-16-5-2-6-17-35)49(38)50-44-21-9-7-19-42(44)48(43-20-8-10-22-45(43)50)36-28-26-33(27-29-36)37-30-31-41-40-18-11-12-25-46(40)51-47(41)32-37/h1-32H. The monoisotopic (exact) mass is 648 g/mol. The van der Waals surface area contributed by atoms with E-state index < -0.39 is 0 Å². The summed E-state index contributed by atoms with van der Waals surface area (Å²) < 4.78 is 6.22. The fourth-order valence-electron chi connectivity index (χ4n) is 7.98. The van der Waals surface area contributed by atoms with Crippen LogP contribution in [0.5, 0.6) is 0 Å². The minimum absolute atomic E-state index is 0.913. The van der Waals surface area contributed by atoms with Crippen molar-refractivity contribution in [1.82, 2.24) is 0 Å². The van der Waals surface area contributed by atoms with Gasteiger partial charge in [0.25, 0.3) is 0 Å². The Balaban J connectivity index is 1.19. The Morgan fingerprint density at radius 3 is 1.27 bits per heavy atom. The number of rotatable bonds is 5. The van der Waals surface area contributed by atoms with E-state index in [4.69, 9.17) is 4.42 Å². The molecule has 0 fully saturated rings. The van der Waals surface area contributed by atoms with Gasteiger partial charge >= 0.3 is 0 Å². The fraction of sp³-hybridized carbons (Fsp3) is 0. The van der Waals surface area contributed by atoms with Crippen LogP contribution in [0.1, 0.15) is 0 Å². The topological polar surface area (TPSA) is 13.1 Å². The van der Waals surface area contributed by atoms with Crippen LogP contribution in [0.2, 0.25) is 0 Å². The molecule has 238 valence electrons. The van der Waals surface area contributed by atoms with Crippen molar-refractivity contribution in [3.63, 3.8) is 0 Å². The first-order chi connectivity index (χ1) is 25.3. The van der Waals surface area contributed by atoms with Crippen molar-refractivity contribution in [2.75, 3.05) is 0 Å². The summed E-state index contributed by atoms with van der Waals surface area (Å²) in [5.41, 5.74) is 14.0. The molecule has 0 saturated carbocycles. The molecule has 0 spiro atoms. The van der Waals surface area contributed by atoms with E-state index in [1.165, 1.54) is 66.1 Å². The second-order valence-electron chi connectivity index (χ2n) is 13.2. The summed E-state index contributed by atoms with van der Waals surface area (Å²) in [6, 6.07) is 70.0. The summed E-state index contributed by atoms with van der Waals surface area (Å²) in [7, 11) is 0. The fourth-order valence-corrected chi connectivity index (χ4v) is 7.98. The highest BCUT2D eigenvalue weighted by Gasteiger charge is 2.22. The summed E-state index contributed by atoms with van der Waals surface area (Å²) in [6.45, 7) is 0. The Bertz CT molecular complexity index is 2760. The molecule has 10 aromatic rings. The van der Waals surface area contributed by atoms with E-state index in [0.717, 1.165) is 33.1 Å². The van der Waals surface area contributed by atoms with Crippen molar-refractivity contribution >= 4 is 43.5 Å². The molecule has 0 amide bonds. The zero-order valence-corrected chi connectivity index (χ0v) is 27.9. The van der Waals surface area contributed by atoms with Gasteiger partial charge in [0, 0.05) is 10.8 Å².